The quantitative estimate of drug-likeness (QED) is 0.134. The first kappa shape index (κ1) is 35.3. The number of aryl methyl sites for hydroxylation is 3. The van der Waals surface area contributed by atoms with Crippen molar-refractivity contribution in [3.8, 4) is 16.5 Å². The van der Waals surface area contributed by atoms with Crippen LogP contribution in [-0.2, 0) is 24.4 Å². The van der Waals surface area contributed by atoms with Gasteiger partial charge in [-0.05, 0) is 62.6 Å². The van der Waals surface area contributed by atoms with Gasteiger partial charge in [-0.3, -0.25) is 19.1 Å². The topological polar surface area (TPSA) is 145 Å². The Balaban J connectivity index is 0.986. The van der Waals surface area contributed by atoms with Gasteiger partial charge in [0.1, 0.15) is 34.2 Å². The molecule has 0 unspecified atom stereocenters. The van der Waals surface area contributed by atoms with Crippen LogP contribution in [0.3, 0.4) is 0 Å². The molecule has 2 aromatic heterocycles. The summed E-state index contributed by atoms with van der Waals surface area (Å²) in [6.07, 6.45) is 0.0539. The number of halogens is 2. The minimum atomic E-state index is -0.590. The fourth-order valence-electron chi connectivity index (χ4n) is 6.68. The number of nitrogens with zero attached hydrogens (tertiary/aromatic N) is 5. The lowest BCUT2D eigenvalue weighted by Crippen LogP contribution is -2.32. The number of phenolic OH excluding ortho intramolecular Hbond substituents is 2. The number of phenols is 2. The number of hydrogen-bond donors (Lipinski definition) is 4. The zero-order valence-electron chi connectivity index (χ0n) is 29.0. The normalized spacial score (nSPS) is 14.8. The number of carbonyl (C=O) groups excluding carboxylic acids is 2. The molecule has 0 radical (unpaired) electrons. The lowest BCUT2D eigenvalue weighted by atomic mass is 9.99. The van der Waals surface area contributed by atoms with E-state index in [2.05, 4.69) is 34.7 Å². The summed E-state index contributed by atoms with van der Waals surface area (Å²) in [5.41, 5.74) is 5.85. The summed E-state index contributed by atoms with van der Waals surface area (Å²) in [7, 11) is 0. The van der Waals surface area contributed by atoms with Crippen molar-refractivity contribution >= 4 is 40.5 Å². The van der Waals surface area contributed by atoms with Crippen molar-refractivity contribution in [2.24, 2.45) is 4.99 Å². The van der Waals surface area contributed by atoms with Gasteiger partial charge in [0.25, 0.3) is 5.91 Å². The monoisotopic (exact) mass is 741 g/mol. The van der Waals surface area contributed by atoms with Gasteiger partial charge in [0, 0.05) is 70.9 Å². The summed E-state index contributed by atoms with van der Waals surface area (Å²) in [6, 6.07) is 13.0. The highest BCUT2D eigenvalue weighted by molar-refractivity contribution is 7.15. The van der Waals surface area contributed by atoms with Gasteiger partial charge in [0.05, 0.1) is 17.7 Å². The van der Waals surface area contributed by atoms with E-state index >= 15 is 4.39 Å². The average Bonchev–Trinajstić information content (AvgIpc) is 3.78. The first-order chi connectivity index (χ1) is 24.9. The van der Waals surface area contributed by atoms with E-state index in [1.165, 1.54) is 11.0 Å². The van der Waals surface area contributed by atoms with E-state index in [1.54, 1.807) is 30.4 Å². The molecule has 11 nitrogen and oxygen atoms in total. The molecule has 14 heteroatoms. The first-order valence-electron chi connectivity index (χ1n) is 16.9. The predicted molar refractivity (Wildman–Crippen MR) is 197 cm³/mol. The lowest BCUT2D eigenvalue weighted by molar-refractivity contribution is -0.121. The van der Waals surface area contributed by atoms with Crippen LogP contribution in [-0.4, -0.2) is 60.5 Å². The highest BCUT2D eigenvalue weighted by atomic mass is 35.5. The van der Waals surface area contributed by atoms with E-state index in [9.17, 15) is 19.8 Å². The largest absolute Gasteiger partial charge is 0.508 e. The van der Waals surface area contributed by atoms with E-state index in [0.29, 0.717) is 52.0 Å². The highest BCUT2D eigenvalue weighted by Crippen LogP contribution is 2.40. The van der Waals surface area contributed by atoms with Gasteiger partial charge in [0.2, 0.25) is 5.91 Å². The molecule has 0 saturated heterocycles. The maximum atomic E-state index is 15.6. The number of aromatic nitrogens is 3. The molecule has 7 rings (SSSR count). The number of rotatable bonds is 9. The van der Waals surface area contributed by atoms with Crippen LogP contribution in [0.15, 0.2) is 53.5 Å². The predicted octanol–water partition coefficient (Wildman–Crippen LogP) is 6.11. The first-order valence-corrected chi connectivity index (χ1v) is 18.1. The second kappa shape index (κ2) is 14.1. The molecule has 2 aliphatic heterocycles. The fourth-order valence-corrected chi connectivity index (χ4v) is 8.02. The Morgan fingerprint density at radius 2 is 1.77 bits per heavy atom. The second-order valence-electron chi connectivity index (χ2n) is 13.1. The molecule has 4 N–H and O–H groups in total. The molecular formula is C38H37ClFN7O4S. The molecule has 1 atom stereocenters. The molecule has 3 aromatic carbocycles. The third kappa shape index (κ3) is 6.55. The molecule has 5 aromatic rings. The number of fused-ring (bicyclic) bond motifs is 4. The summed E-state index contributed by atoms with van der Waals surface area (Å²) in [5, 5.41) is 36.6. The second-order valence-corrected chi connectivity index (χ2v) is 14.8. The van der Waals surface area contributed by atoms with Gasteiger partial charge in [-0.1, -0.05) is 35.9 Å². The minimum Gasteiger partial charge on any atom is -0.508 e. The molecule has 2 amide bonds. The van der Waals surface area contributed by atoms with Gasteiger partial charge in [-0.2, -0.15) is 0 Å². The third-order valence-corrected chi connectivity index (χ3v) is 11.1. The van der Waals surface area contributed by atoms with Crippen LogP contribution >= 0.6 is 22.9 Å². The van der Waals surface area contributed by atoms with Gasteiger partial charge in [0.15, 0.2) is 5.82 Å². The molecule has 4 heterocycles. The molecule has 0 saturated carbocycles. The molecule has 52 heavy (non-hydrogen) atoms. The number of hydrogen-bond acceptors (Lipinski definition) is 9. The Labute approximate surface area is 308 Å². The maximum Gasteiger partial charge on any atom is 0.258 e. The van der Waals surface area contributed by atoms with E-state index in [1.807, 2.05) is 35.8 Å². The molecule has 0 fully saturated rings. The zero-order valence-corrected chi connectivity index (χ0v) is 30.6. The Hall–Kier alpha value is -5.11. The van der Waals surface area contributed by atoms with E-state index in [-0.39, 0.29) is 49.0 Å². The fraction of sp³-hybridized carbons (Fsp3) is 0.289. The van der Waals surface area contributed by atoms with Crippen LogP contribution in [0.2, 0.25) is 5.02 Å². The number of amides is 2. The molecule has 0 bridgehead atoms. The van der Waals surface area contributed by atoms with Crippen molar-refractivity contribution in [1.82, 2.24) is 30.3 Å². The summed E-state index contributed by atoms with van der Waals surface area (Å²) < 4.78 is 17.6. The van der Waals surface area contributed by atoms with Crippen molar-refractivity contribution in [3.05, 3.63) is 120 Å². The van der Waals surface area contributed by atoms with Crippen molar-refractivity contribution < 1.29 is 24.2 Å². The van der Waals surface area contributed by atoms with Crippen molar-refractivity contribution in [2.75, 3.05) is 13.1 Å². The van der Waals surface area contributed by atoms with Gasteiger partial charge in [-0.25, -0.2) is 4.39 Å². The van der Waals surface area contributed by atoms with Gasteiger partial charge in [-0.15, -0.1) is 21.5 Å². The third-order valence-electron chi connectivity index (χ3n) is 9.64. The van der Waals surface area contributed by atoms with Crippen LogP contribution in [0.4, 0.5) is 4.39 Å². The molecule has 2 aliphatic rings. The SMILES string of the molecule is Cc1cc(C(=O)N2Cc3ccc(CNCCNC(=O)C[C@@H]4N=C(c5ccc(Cl)cc5)c5c(sc(C)c5C)-n5c(C)nnc54)c(F)c3C2)c(O)cc1O. The smallest absolute Gasteiger partial charge is 0.258 e. The van der Waals surface area contributed by atoms with Crippen LogP contribution in [0.25, 0.3) is 5.00 Å². The minimum absolute atomic E-state index is 0.0539. The summed E-state index contributed by atoms with van der Waals surface area (Å²) in [5.74, 6) is -0.173. The average molecular weight is 742 g/mol. The van der Waals surface area contributed by atoms with Crippen LogP contribution in [0.1, 0.15) is 78.3 Å². The Morgan fingerprint density at radius 3 is 2.54 bits per heavy atom. The van der Waals surface area contributed by atoms with E-state index in [0.717, 1.165) is 38.3 Å². The van der Waals surface area contributed by atoms with Crippen molar-refractivity contribution in [1.29, 1.82) is 0 Å². The summed E-state index contributed by atoms with van der Waals surface area (Å²) in [4.78, 5) is 34.2. The molecule has 0 spiro atoms. The highest BCUT2D eigenvalue weighted by Gasteiger charge is 2.33. The van der Waals surface area contributed by atoms with Crippen LogP contribution in [0.5, 0.6) is 11.5 Å². The number of carbonyl (C=O) groups is 2. The summed E-state index contributed by atoms with van der Waals surface area (Å²) in [6.45, 7) is 8.87. The zero-order chi connectivity index (χ0) is 36.8. The molecular weight excluding hydrogens is 705 g/mol. The lowest BCUT2D eigenvalue weighted by Gasteiger charge is -2.17. The number of aliphatic imine (C=N–C) groups is 1. The maximum absolute atomic E-state index is 15.6. The number of nitrogens with one attached hydrogen (secondary N) is 2. The molecule has 268 valence electrons. The number of benzene rings is 3. The molecule has 0 aliphatic carbocycles. The van der Waals surface area contributed by atoms with Gasteiger partial charge >= 0.3 is 0 Å². The number of aromatic hydroxyl groups is 2. The van der Waals surface area contributed by atoms with E-state index in [4.69, 9.17) is 16.6 Å². The van der Waals surface area contributed by atoms with Crippen LogP contribution in [0, 0.1) is 33.5 Å². The Kier molecular flexibility index (Phi) is 9.59. The standard InChI is InChI=1S/C38H37ClFN7O4S/c1-19-13-27(31(49)15-30(19)48)37(51)46-17-25-6-5-24(34(40)28(25)18-46)16-41-11-12-42-32(50)14-29-36-45-44-22(4)47(36)38-33(20(2)21(3)52-38)35(43-29)23-7-9-26(39)10-8-23/h5-10,13,15,29,41,48-49H,11-12,14,16-18H2,1-4H3,(H,42,50)/t29-/m0/s1. The van der Waals surface area contributed by atoms with Gasteiger partial charge < -0.3 is 25.7 Å². The Morgan fingerprint density at radius 1 is 1.00 bits per heavy atom. The van der Waals surface area contributed by atoms with E-state index < -0.39 is 17.8 Å². The van der Waals surface area contributed by atoms with Crippen molar-refractivity contribution in [3.63, 3.8) is 0 Å². The van der Waals surface area contributed by atoms with Crippen LogP contribution < -0.4 is 10.6 Å². The van der Waals surface area contributed by atoms with Crippen molar-refractivity contribution in [2.45, 2.75) is 59.8 Å². The summed E-state index contributed by atoms with van der Waals surface area (Å²) >= 11 is 7.86. The number of thiophene rings is 1. The Bertz CT molecular complexity index is 2270.